The molecule has 0 atom stereocenters. The fourth-order valence-corrected chi connectivity index (χ4v) is 1.62. The number of nitrogen functional groups attached to an aromatic ring is 1. The molecule has 1 aromatic heterocycles. The molecule has 0 aliphatic heterocycles. The van der Waals surface area contributed by atoms with Gasteiger partial charge in [0, 0.05) is 18.2 Å². The van der Waals surface area contributed by atoms with E-state index in [1.807, 2.05) is 24.3 Å². The average molecular weight is 245 g/mol. The summed E-state index contributed by atoms with van der Waals surface area (Å²) in [6.45, 7) is 0.364. The Balaban J connectivity index is 1.77. The molecule has 3 N–H and O–H groups in total. The second-order valence-corrected chi connectivity index (χ2v) is 3.95. The summed E-state index contributed by atoms with van der Waals surface area (Å²) in [6, 6.07) is 9.28. The van der Waals surface area contributed by atoms with E-state index in [2.05, 4.69) is 10.5 Å². The zero-order valence-electron chi connectivity index (χ0n) is 9.93. The maximum Gasteiger partial charge on any atom is 0.220 e. The van der Waals surface area contributed by atoms with Crippen molar-refractivity contribution in [3.05, 3.63) is 47.9 Å². The molecule has 2 aromatic rings. The Hall–Kier alpha value is -2.30. The van der Waals surface area contributed by atoms with E-state index < -0.39 is 0 Å². The smallest absolute Gasteiger partial charge is 0.220 e. The van der Waals surface area contributed by atoms with Crippen molar-refractivity contribution in [2.24, 2.45) is 0 Å². The molecule has 1 aromatic carbocycles. The minimum atomic E-state index is -0.0327. The molecule has 5 nitrogen and oxygen atoms in total. The molecule has 0 radical (unpaired) electrons. The van der Waals surface area contributed by atoms with Crippen LogP contribution in [0.25, 0.3) is 0 Å². The lowest BCUT2D eigenvalue weighted by Gasteiger charge is -2.05. The minimum absolute atomic E-state index is 0.0327. The van der Waals surface area contributed by atoms with Crippen LogP contribution in [0.2, 0.25) is 0 Å². The normalized spacial score (nSPS) is 10.2. The molecule has 2 rings (SSSR count). The number of hydrogen-bond acceptors (Lipinski definition) is 4. The zero-order chi connectivity index (χ0) is 12.8. The van der Waals surface area contributed by atoms with Gasteiger partial charge in [-0.2, -0.15) is 0 Å². The van der Waals surface area contributed by atoms with Gasteiger partial charge in [0.05, 0.1) is 12.7 Å². The number of benzene rings is 1. The molecular weight excluding hydrogens is 230 g/mol. The summed E-state index contributed by atoms with van der Waals surface area (Å²) < 4.78 is 4.88. The van der Waals surface area contributed by atoms with Crippen molar-refractivity contribution >= 4 is 11.6 Å². The van der Waals surface area contributed by atoms with Crippen LogP contribution in [0.1, 0.15) is 17.7 Å². The number of hydrogen-bond donors (Lipinski definition) is 2. The maximum atomic E-state index is 11.6. The van der Waals surface area contributed by atoms with E-state index in [1.165, 1.54) is 0 Å². The molecule has 1 amide bonds. The highest BCUT2D eigenvalue weighted by Gasteiger charge is 2.05. The molecular formula is C13H15N3O2. The Kier molecular flexibility index (Phi) is 3.96. The Morgan fingerprint density at radius 3 is 2.89 bits per heavy atom. The third kappa shape index (κ3) is 3.35. The maximum absolute atomic E-state index is 11.6. The monoisotopic (exact) mass is 245 g/mol. The lowest BCUT2D eigenvalue weighted by Crippen LogP contribution is -2.22. The highest BCUT2D eigenvalue weighted by atomic mass is 16.5. The molecule has 5 heteroatoms. The predicted molar refractivity (Wildman–Crippen MR) is 67.5 cm³/mol. The van der Waals surface area contributed by atoms with Gasteiger partial charge in [-0.15, -0.1) is 0 Å². The molecule has 0 fully saturated rings. The molecule has 0 unspecified atom stereocenters. The molecule has 0 saturated carbocycles. The van der Waals surface area contributed by atoms with Crippen molar-refractivity contribution in [3.8, 4) is 0 Å². The van der Waals surface area contributed by atoms with E-state index in [4.69, 9.17) is 10.3 Å². The lowest BCUT2D eigenvalue weighted by atomic mass is 10.1. The van der Waals surface area contributed by atoms with Crippen LogP contribution in [0.4, 0.5) is 5.69 Å². The van der Waals surface area contributed by atoms with Crippen molar-refractivity contribution in [1.29, 1.82) is 0 Å². The van der Waals surface area contributed by atoms with E-state index in [0.29, 0.717) is 25.1 Å². The van der Waals surface area contributed by atoms with Crippen molar-refractivity contribution in [3.63, 3.8) is 0 Å². The highest BCUT2D eigenvalue weighted by Crippen LogP contribution is 2.12. The van der Waals surface area contributed by atoms with Crippen molar-refractivity contribution < 1.29 is 9.32 Å². The average Bonchev–Trinajstić information content (AvgIpc) is 2.88. The first-order valence-corrected chi connectivity index (χ1v) is 5.75. The first-order chi connectivity index (χ1) is 8.75. The van der Waals surface area contributed by atoms with Crippen LogP contribution < -0.4 is 11.1 Å². The molecule has 0 aliphatic rings. The fourth-order valence-electron chi connectivity index (χ4n) is 1.62. The van der Waals surface area contributed by atoms with E-state index in [0.717, 1.165) is 11.3 Å². The van der Waals surface area contributed by atoms with Gasteiger partial charge in [0.1, 0.15) is 0 Å². The van der Waals surface area contributed by atoms with Gasteiger partial charge >= 0.3 is 0 Å². The van der Waals surface area contributed by atoms with Crippen LogP contribution in [0.5, 0.6) is 0 Å². The zero-order valence-corrected chi connectivity index (χ0v) is 9.93. The van der Waals surface area contributed by atoms with Crippen LogP contribution in [0.3, 0.4) is 0 Å². The summed E-state index contributed by atoms with van der Waals surface area (Å²) in [5, 5.41) is 6.32. The van der Waals surface area contributed by atoms with Gasteiger partial charge in [-0.3, -0.25) is 4.79 Å². The summed E-state index contributed by atoms with van der Waals surface area (Å²) >= 11 is 0. The van der Waals surface area contributed by atoms with Crippen LogP contribution in [0.15, 0.2) is 41.1 Å². The van der Waals surface area contributed by atoms with Crippen LogP contribution in [0, 0.1) is 0 Å². The number of amides is 1. The fraction of sp³-hybridized carbons (Fsp3) is 0.231. The van der Waals surface area contributed by atoms with Crippen molar-refractivity contribution in [2.75, 3.05) is 5.73 Å². The van der Waals surface area contributed by atoms with E-state index >= 15 is 0 Å². The van der Waals surface area contributed by atoms with E-state index in [9.17, 15) is 4.79 Å². The van der Waals surface area contributed by atoms with Crippen LogP contribution in [-0.4, -0.2) is 11.1 Å². The predicted octanol–water partition coefficient (Wildman–Crippen LogP) is 1.51. The SMILES string of the molecule is Nc1ccccc1CCC(=O)NCc1ccno1. The Bertz CT molecular complexity index is 509. The quantitative estimate of drug-likeness (QED) is 0.782. The molecule has 18 heavy (non-hydrogen) atoms. The third-order valence-electron chi connectivity index (χ3n) is 2.63. The highest BCUT2D eigenvalue weighted by molar-refractivity contribution is 5.76. The molecule has 0 aliphatic carbocycles. The molecule has 0 spiro atoms. The minimum Gasteiger partial charge on any atom is -0.399 e. The first kappa shape index (κ1) is 12.2. The van der Waals surface area contributed by atoms with Gasteiger partial charge < -0.3 is 15.6 Å². The number of para-hydroxylation sites is 1. The summed E-state index contributed by atoms with van der Waals surface area (Å²) in [5.41, 5.74) is 7.52. The van der Waals surface area contributed by atoms with Crippen molar-refractivity contribution in [1.82, 2.24) is 10.5 Å². The van der Waals surface area contributed by atoms with Gasteiger partial charge in [0.2, 0.25) is 5.91 Å². The number of nitrogens with zero attached hydrogens (tertiary/aromatic N) is 1. The van der Waals surface area contributed by atoms with Crippen LogP contribution >= 0.6 is 0 Å². The number of carbonyl (C=O) groups is 1. The number of carbonyl (C=O) groups excluding carboxylic acids is 1. The molecule has 1 heterocycles. The topological polar surface area (TPSA) is 81.2 Å². The second-order valence-electron chi connectivity index (χ2n) is 3.95. The lowest BCUT2D eigenvalue weighted by molar-refractivity contribution is -0.121. The number of anilines is 1. The van der Waals surface area contributed by atoms with Gasteiger partial charge in [0.15, 0.2) is 5.76 Å². The largest absolute Gasteiger partial charge is 0.399 e. The Morgan fingerprint density at radius 1 is 1.33 bits per heavy atom. The summed E-state index contributed by atoms with van der Waals surface area (Å²) in [7, 11) is 0. The Labute approximate surface area is 105 Å². The third-order valence-corrected chi connectivity index (χ3v) is 2.63. The number of aryl methyl sites for hydroxylation is 1. The Morgan fingerprint density at radius 2 is 2.17 bits per heavy atom. The van der Waals surface area contributed by atoms with Gasteiger partial charge in [-0.25, -0.2) is 0 Å². The summed E-state index contributed by atoms with van der Waals surface area (Å²) in [6.07, 6.45) is 2.59. The molecule has 0 bridgehead atoms. The van der Waals surface area contributed by atoms with E-state index in [1.54, 1.807) is 12.3 Å². The molecule has 94 valence electrons. The number of nitrogens with one attached hydrogen (secondary N) is 1. The first-order valence-electron chi connectivity index (χ1n) is 5.75. The number of rotatable bonds is 5. The van der Waals surface area contributed by atoms with Gasteiger partial charge in [-0.1, -0.05) is 23.4 Å². The van der Waals surface area contributed by atoms with Gasteiger partial charge in [-0.05, 0) is 18.1 Å². The second kappa shape index (κ2) is 5.86. The van der Waals surface area contributed by atoms with Crippen molar-refractivity contribution in [2.45, 2.75) is 19.4 Å². The van der Waals surface area contributed by atoms with Crippen LogP contribution in [-0.2, 0) is 17.8 Å². The van der Waals surface area contributed by atoms with Gasteiger partial charge in [0.25, 0.3) is 0 Å². The summed E-state index contributed by atoms with van der Waals surface area (Å²) in [4.78, 5) is 11.6. The standard InChI is InChI=1S/C13H15N3O2/c14-12-4-2-1-3-10(12)5-6-13(17)15-9-11-7-8-16-18-11/h1-4,7-8H,5-6,9,14H2,(H,15,17). The summed E-state index contributed by atoms with van der Waals surface area (Å²) in [5.74, 6) is 0.609. The van der Waals surface area contributed by atoms with E-state index in [-0.39, 0.29) is 5.91 Å². The number of nitrogens with two attached hydrogens (primary N) is 1. The molecule has 0 saturated heterocycles. The number of aromatic nitrogens is 1.